The van der Waals surface area contributed by atoms with E-state index in [4.69, 9.17) is 5.26 Å². The van der Waals surface area contributed by atoms with Crippen molar-refractivity contribution in [2.45, 2.75) is 39.5 Å². The van der Waals surface area contributed by atoms with Crippen molar-refractivity contribution in [1.29, 1.82) is 5.26 Å². The van der Waals surface area contributed by atoms with Crippen LogP contribution in [0.5, 0.6) is 0 Å². The van der Waals surface area contributed by atoms with E-state index in [9.17, 15) is 4.79 Å². The van der Waals surface area contributed by atoms with Crippen LogP contribution in [0.3, 0.4) is 0 Å². The molecule has 0 aromatic rings. The SMILES string of the molecule is CC(C)CN(CCC#N)C(=O)CC1CCNCC1. The van der Waals surface area contributed by atoms with Crippen molar-refractivity contribution in [3.05, 3.63) is 0 Å². The van der Waals surface area contributed by atoms with Gasteiger partial charge in [0.15, 0.2) is 0 Å². The molecule has 0 aliphatic carbocycles. The Labute approximate surface area is 110 Å². The first-order chi connectivity index (χ1) is 8.63. The van der Waals surface area contributed by atoms with Crippen LogP contribution >= 0.6 is 0 Å². The molecular formula is C14H25N3O. The highest BCUT2D eigenvalue weighted by Crippen LogP contribution is 2.17. The number of hydrogen-bond acceptors (Lipinski definition) is 3. The minimum Gasteiger partial charge on any atom is -0.341 e. The van der Waals surface area contributed by atoms with Crippen LogP contribution in [0.4, 0.5) is 0 Å². The summed E-state index contributed by atoms with van der Waals surface area (Å²) in [6.45, 7) is 7.62. The Morgan fingerprint density at radius 2 is 2.11 bits per heavy atom. The highest BCUT2D eigenvalue weighted by Gasteiger charge is 2.21. The summed E-state index contributed by atoms with van der Waals surface area (Å²) < 4.78 is 0. The maximum absolute atomic E-state index is 12.2. The first-order valence-electron chi connectivity index (χ1n) is 6.99. The summed E-state index contributed by atoms with van der Waals surface area (Å²) in [5.41, 5.74) is 0. The molecule has 0 aromatic heterocycles. The van der Waals surface area contributed by atoms with Crippen molar-refractivity contribution >= 4 is 5.91 Å². The largest absolute Gasteiger partial charge is 0.341 e. The molecule has 0 spiro atoms. The number of nitrogens with one attached hydrogen (secondary N) is 1. The lowest BCUT2D eigenvalue weighted by Gasteiger charge is -2.28. The lowest BCUT2D eigenvalue weighted by Crippen LogP contribution is -2.37. The third-order valence-electron chi connectivity index (χ3n) is 3.35. The second-order valence-corrected chi connectivity index (χ2v) is 5.54. The average Bonchev–Trinajstić information content (AvgIpc) is 2.35. The molecule has 0 bridgehead atoms. The van der Waals surface area contributed by atoms with Gasteiger partial charge in [-0.2, -0.15) is 5.26 Å². The number of nitrogens with zero attached hydrogens (tertiary/aromatic N) is 2. The minimum absolute atomic E-state index is 0.228. The molecular weight excluding hydrogens is 226 g/mol. The van der Waals surface area contributed by atoms with Crippen LogP contribution in [0, 0.1) is 23.2 Å². The number of carbonyl (C=O) groups is 1. The van der Waals surface area contributed by atoms with Crippen LogP contribution in [0.15, 0.2) is 0 Å². The Bertz CT molecular complexity index is 290. The lowest BCUT2D eigenvalue weighted by atomic mass is 9.94. The molecule has 1 rings (SSSR count). The van der Waals surface area contributed by atoms with Gasteiger partial charge in [-0.3, -0.25) is 4.79 Å². The van der Waals surface area contributed by atoms with Crippen LogP contribution in [-0.4, -0.2) is 37.0 Å². The molecule has 1 aliphatic rings. The first kappa shape index (κ1) is 15.0. The Morgan fingerprint density at radius 3 is 2.67 bits per heavy atom. The summed E-state index contributed by atoms with van der Waals surface area (Å²) in [7, 11) is 0. The first-order valence-corrected chi connectivity index (χ1v) is 6.99. The highest BCUT2D eigenvalue weighted by atomic mass is 16.2. The molecule has 0 unspecified atom stereocenters. The Kier molecular flexibility index (Phi) is 6.74. The van der Waals surface area contributed by atoms with E-state index in [0.717, 1.165) is 32.5 Å². The highest BCUT2D eigenvalue weighted by molar-refractivity contribution is 5.76. The summed E-state index contributed by atoms with van der Waals surface area (Å²) in [6, 6.07) is 2.13. The van der Waals surface area contributed by atoms with E-state index < -0.39 is 0 Å². The molecule has 0 radical (unpaired) electrons. The van der Waals surface area contributed by atoms with Gasteiger partial charge in [0.2, 0.25) is 5.91 Å². The molecule has 4 nitrogen and oxygen atoms in total. The van der Waals surface area contributed by atoms with Gasteiger partial charge in [-0.1, -0.05) is 13.8 Å². The molecule has 1 aliphatic heterocycles. The van der Waals surface area contributed by atoms with Gasteiger partial charge in [-0.05, 0) is 37.8 Å². The summed E-state index contributed by atoms with van der Waals surface area (Å²) in [6.07, 6.45) is 3.28. The fraction of sp³-hybridized carbons (Fsp3) is 0.857. The maximum atomic E-state index is 12.2. The molecule has 1 fully saturated rings. The van der Waals surface area contributed by atoms with Crippen molar-refractivity contribution in [3.63, 3.8) is 0 Å². The van der Waals surface area contributed by atoms with Crippen LogP contribution in [-0.2, 0) is 4.79 Å². The third kappa shape index (κ3) is 5.50. The van der Waals surface area contributed by atoms with Gasteiger partial charge >= 0.3 is 0 Å². The van der Waals surface area contributed by atoms with E-state index in [2.05, 4.69) is 25.2 Å². The van der Waals surface area contributed by atoms with Gasteiger partial charge in [0, 0.05) is 19.5 Å². The zero-order valence-electron chi connectivity index (χ0n) is 11.6. The molecule has 1 saturated heterocycles. The number of amides is 1. The number of carbonyl (C=O) groups excluding carboxylic acids is 1. The maximum Gasteiger partial charge on any atom is 0.222 e. The predicted molar refractivity (Wildman–Crippen MR) is 71.9 cm³/mol. The zero-order chi connectivity index (χ0) is 13.4. The fourth-order valence-electron chi connectivity index (χ4n) is 2.41. The molecule has 1 amide bonds. The second-order valence-electron chi connectivity index (χ2n) is 5.54. The lowest BCUT2D eigenvalue weighted by molar-refractivity contribution is -0.132. The van der Waals surface area contributed by atoms with E-state index >= 15 is 0 Å². The molecule has 102 valence electrons. The number of nitriles is 1. The smallest absolute Gasteiger partial charge is 0.222 e. The molecule has 1 N–H and O–H groups in total. The van der Waals surface area contributed by atoms with Crippen molar-refractivity contribution in [2.24, 2.45) is 11.8 Å². The van der Waals surface area contributed by atoms with Crippen LogP contribution in [0.25, 0.3) is 0 Å². The van der Waals surface area contributed by atoms with E-state index in [-0.39, 0.29) is 5.91 Å². The Hall–Kier alpha value is -1.08. The van der Waals surface area contributed by atoms with Gasteiger partial charge in [0.1, 0.15) is 0 Å². The standard InChI is InChI=1S/C14H25N3O/c1-12(2)11-17(9-3-6-15)14(18)10-13-4-7-16-8-5-13/h12-13,16H,3-5,7-11H2,1-2H3. The number of rotatable bonds is 6. The summed E-state index contributed by atoms with van der Waals surface area (Å²) in [5.74, 6) is 1.21. The number of piperidine rings is 1. The second kappa shape index (κ2) is 8.10. The van der Waals surface area contributed by atoms with E-state index in [0.29, 0.717) is 31.2 Å². The van der Waals surface area contributed by atoms with Crippen LogP contribution < -0.4 is 5.32 Å². The molecule has 0 saturated carbocycles. The number of hydrogen-bond donors (Lipinski definition) is 1. The molecule has 0 atom stereocenters. The molecule has 18 heavy (non-hydrogen) atoms. The molecule has 0 aromatic carbocycles. The monoisotopic (exact) mass is 251 g/mol. The van der Waals surface area contributed by atoms with Crippen LogP contribution in [0.1, 0.15) is 39.5 Å². The van der Waals surface area contributed by atoms with Gasteiger partial charge < -0.3 is 10.2 Å². The normalized spacial score (nSPS) is 16.6. The van der Waals surface area contributed by atoms with Crippen LogP contribution in [0.2, 0.25) is 0 Å². The quantitative estimate of drug-likeness (QED) is 0.783. The third-order valence-corrected chi connectivity index (χ3v) is 3.35. The molecule has 4 heteroatoms. The van der Waals surface area contributed by atoms with Gasteiger partial charge in [0.25, 0.3) is 0 Å². The van der Waals surface area contributed by atoms with Gasteiger partial charge in [0.05, 0.1) is 12.5 Å². The summed E-state index contributed by atoms with van der Waals surface area (Å²) >= 11 is 0. The van der Waals surface area contributed by atoms with Crippen molar-refractivity contribution < 1.29 is 4.79 Å². The van der Waals surface area contributed by atoms with Crippen molar-refractivity contribution in [1.82, 2.24) is 10.2 Å². The van der Waals surface area contributed by atoms with Gasteiger partial charge in [-0.15, -0.1) is 0 Å². The Morgan fingerprint density at radius 1 is 1.44 bits per heavy atom. The molecule has 1 heterocycles. The van der Waals surface area contributed by atoms with Crippen molar-refractivity contribution in [3.8, 4) is 6.07 Å². The zero-order valence-corrected chi connectivity index (χ0v) is 11.6. The summed E-state index contributed by atoms with van der Waals surface area (Å²) in [5, 5.41) is 12.0. The van der Waals surface area contributed by atoms with E-state index in [1.807, 2.05) is 4.90 Å². The summed E-state index contributed by atoms with van der Waals surface area (Å²) in [4.78, 5) is 14.1. The van der Waals surface area contributed by atoms with E-state index in [1.165, 1.54) is 0 Å². The average molecular weight is 251 g/mol. The fourth-order valence-corrected chi connectivity index (χ4v) is 2.41. The van der Waals surface area contributed by atoms with E-state index in [1.54, 1.807) is 0 Å². The predicted octanol–water partition coefficient (Wildman–Crippen LogP) is 1.77. The van der Waals surface area contributed by atoms with Gasteiger partial charge in [-0.25, -0.2) is 0 Å². The Balaban J connectivity index is 2.44. The van der Waals surface area contributed by atoms with Crippen molar-refractivity contribution in [2.75, 3.05) is 26.2 Å². The topological polar surface area (TPSA) is 56.1 Å². The minimum atomic E-state index is 0.228.